The van der Waals surface area contributed by atoms with Crippen LogP contribution < -0.4 is 4.74 Å². The topological polar surface area (TPSA) is 46.5 Å². The molecular weight excluding hydrogens is 233 g/mol. The van der Waals surface area contributed by atoms with Crippen LogP contribution in [0.1, 0.15) is 10.4 Å². The zero-order valence-electron chi connectivity index (χ0n) is 7.77. The Balaban J connectivity index is 0.00000169. The Hall–Kier alpha value is -1.15. The minimum atomic E-state index is -0.986. The summed E-state index contributed by atoms with van der Waals surface area (Å²) in [5.74, 6) is -0.616. The summed E-state index contributed by atoms with van der Waals surface area (Å²) in [4.78, 5) is 10.7. The van der Waals surface area contributed by atoms with E-state index in [1.165, 1.54) is 6.07 Å². The van der Waals surface area contributed by atoms with Gasteiger partial charge in [0.05, 0.1) is 0 Å². The summed E-state index contributed by atoms with van der Waals surface area (Å²) in [6.45, 7) is 3.79. The van der Waals surface area contributed by atoms with Crippen molar-refractivity contribution in [2.75, 3.05) is 6.61 Å². The fraction of sp³-hybridized carbons (Fsp3) is 0.100. The van der Waals surface area contributed by atoms with E-state index in [1.54, 1.807) is 24.3 Å². The van der Waals surface area contributed by atoms with Crippen molar-refractivity contribution in [1.29, 1.82) is 0 Å². The number of rotatable bonds is 4. The molecule has 14 heavy (non-hydrogen) atoms. The molecule has 0 atom stereocenters. The molecule has 0 saturated heterocycles. The molecule has 1 N–H and O–H groups in total. The van der Waals surface area contributed by atoms with Gasteiger partial charge >= 0.3 is 5.97 Å². The predicted molar refractivity (Wildman–Crippen MR) is 49.1 cm³/mol. The molecule has 0 bridgehead atoms. The number of para-hydroxylation sites is 1. The fourth-order valence-corrected chi connectivity index (χ4v) is 0.918. The van der Waals surface area contributed by atoms with Crippen molar-refractivity contribution in [2.45, 2.75) is 0 Å². The van der Waals surface area contributed by atoms with Gasteiger partial charge in [0, 0.05) is 19.5 Å². The van der Waals surface area contributed by atoms with Crippen LogP contribution in [0, 0.1) is 0 Å². The Morgan fingerprint density at radius 2 is 2.14 bits per heavy atom. The monoisotopic (exact) mass is 242 g/mol. The van der Waals surface area contributed by atoms with Gasteiger partial charge in [0.2, 0.25) is 0 Å². The molecule has 1 rings (SSSR count). The van der Waals surface area contributed by atoms with Crippen LogP contribution in [0.2, 0.25) is 0 Å². The quantitative estimate of drug-likeness (QED) is 0.649. The van der Waals surface area contributed by atoms with Crippen LogP contribution in [-0.4, -0.2) is 17.7 Å². The van der Waals surface area contributed by atoms with Crippen LogP contribution in [0.4, 0.5) is 0 Å². The van der Waals surface area contributed by atoms with Crippen molar-refractivity contribution in [1.82, 2.24) is 0 Å². The molecule has 0 aliphatic carbocycles. The van der Waals surface area contributed by atoms with Gasteiger partial charge in [-0.05, 0) is 12.1 Å². The Morgan fingerprint density at radius 3 is 2.71 bits per heavy atom. The molecule has 4 heteroatoms. The molecule has 70 valence electrons. The van der Waals surface area contributed by atoms with Gasteiger partial charge in [-0.25, -0.2) is 4.79 Å². The molecule has 0 heterocycles. The number of carbonyl (C=O) groups is 1. The van der Waals surface area contributed by atoms with Crippen molar-refractivity contribution in [3.05, 3.63) is 42.5 Å². The van der Waals surface area contributed by atoms with E-state index in [9.17, 15) is 4.79 Å². The zero-order chi connectivity index (χ0) is 9.68. The number of carboxylic acid groups (broad SMARTS) is 1. The first-order valence-electron chi connectivity index (χ1n) is 3.81. The molecule has 0 aliphatic rings. The standard InChI is InChI=1S/C10H10O3.Zn/c1-2-7-13-9-6-4-3-5-8(9)10(11)12;/h2-6H,1,7H2,(H,11,12);. The molecule has 0 spiro atoms. The summed E-state index contributed by atoms with van der Waals surface area (Å²) in [6.07, 6.45) is 1.57. The van der Waals surface area contributed by atoms with E-state index in [1.807, 2.05) is 0 Å². The normalized spacial score (nSPS) is 8.57. The number of carboxylic acids is 1. The van der Waals surface area contributed by atoms with Gasteiger partial charge in [0.1, 0.15) is 17.9 Å². The number of hydrogen-bond acceptors (Lipinski definition) is 2. The Labute approximate surface area is 95.2 Å². The fourth-order valence-electron chi connectivity index (χ4n) is 0.918. The summed E-state index contributed by atoms with van der Waals surface area (Å²) in [6, 6.07) is 6.50. The molecule has 0 aliphatic heterocycles. The minimum absolute atomic E-state index is 0. The zero-order valence-corrected chi connectivity index (χ0v) is 10.7. The van der Waals surface area contributed by atoms with Crippen molar-refractivity contribution < 1.29 is 34.1 Å². The maximum Gasteiger partial charge on any atom is 0.339 e. The molecule has 1 aromatic rings. The summed E-state index contributed by atoms with van der Waals surface area (Å²) >= 11 is 0. The molecule has 0 aromatic heterocycles. The third kappa shape index (κ3) is 3.31. The van der Waals surface area contributed by atoms with Gasteiger partial charge in [-0.3, -0.25) is 0 Å². The largest absolute Gasteiger partial charge is 0.489 e. The van der Waals surface area contributed by atoms with E-state index in [0.29, 0.717) is 12.4 Å². The third-order valence-electron chi connectivity index (χ3n) is 1.47. The first-order chi connectivity index (χ1) is 6.25. The number of benzene rings is 1. The predicted octanol–water partition coefficient (Wildman–Crippen LogP) is 1.95. The Bertz CT molecular complexity index is 323. The molecule has 0 amide bonds. The van der Waals surface area contributed by atoms with Crippen LogP contribution in [-0.2, 0) is 19.5 Å². The van der Waals surface area contributed by atoms with Crippen molar-refractivity contribution in [2.24, 2.45) is 0 Å². The van der Waals surface area contributed by atoms with E-state index >= 15 is 0 Å². The number of ether oxygens (including phenoxy) is 1. The summed E-state index contributed by atoms with van der Waals surface area (Å²) in [5.41, 5.74) is 0.171. The molecule has 0 saturated carbocycles. The van der Waals surface area contributed by atoms with E-state index in [4.69, 9.17) is 9.84 Å². The van der Waals surface area contributed by atoms with E-state index in [2.05, 4.69) is 6.58 Å². The van der Waals surface area contributed by atoms with Crippen molar-refractivity contribution in [3.8, 4) is 5.75 Å². The number of hydrogen-bond donors (Lipinski definition) is 1. The van der Waals surface area contributed by atoms with E-state index < -0.39 is 5.97 Å². The Kier molecular flexibility index (Phi) is 5.81. The molecule has 0 radical (unpaired) electrons. The molecule has 3 nitrogen and oxygen atoms in total. The molecule has 0 fully saturated rings. The van der Waals surface area contributed by atoms with Gasteiger partial charge in [-0.1, -0.05) is 24.8 Å². The second-order valence-electron chi connectivity index (χ2n) is 2.40. The van der Waals surface area contributed by atoms with Gasteiger partial charge in [0.25, 0.3) is 0 Å². The smallest absolute Gasteiger partial charge is 0.339 e. The van der Waals surface area contributed by atoms with Crippen LogP contribution in [0.3, 0.4) is 0 Å². The van der Waals surface area contributed by atoms with Gasteiger partial charge < -0.3 is 9.84 Å². The average Bonchev–Trinajstić information content (AvgIpc) is 2.15. The third-order valence-corrected chi connectivity index (χ3v) is 1.47. The summed E-state index contributed by atoms with van der Waals surface area (Å²) in [5, 5.41) is 8.76. The van der Waals surface area contributed by atoms with Crippen LogP contribution in [0.15, 0.2) is 36.9 Å². The van der Waals surface area contributed by atoms with Crippen LogP contribution in [0.25, 0.3) is 0 Å². The molecule has 1 aromatic carbocycles. The first kappa shape index (κ1) is 12.9. The average molecular weight is 244 g/mol. The van der Waals surface area contributed by atoms with Crippen molar-refractivity contribution in [3.63, 3.8) is 0 Å². The summed E-state index contributed by atoms with van der Waals surface area (Å²) < 4.78 is 5.15. The maximum absolute atomic E-state index is 10.7. The SMILES string of the molecule is C=CCOc1ccccc1C(=O)O.[Zn]. The van der Waals surface area contributed by atoms with E-state index in [-0.39, 0.29) is 25.0 Å². The maximum atomic E-state index is 10.7. The van der Waals surface area contributed by atoms with Gasteiger partial charge in [-0.15, -0.1) is 0 Å². The van der Waals surface area contributed by atoms with Crippen molar-refractivity contribution >= 4 is 5.97 Å². The van der Waals surface area contributed by atoms with Crippen LogP contribution >= 0.6 is 0 Å². The number of aromatic carboxylic acids is 1. The second-order valence-corrected chi connectivity index (χ2v) is 2.40. The summed E-state index contributed by atoms with van der Waals surface area (Å²) in [7, 11) is 0. The molecular formula is C10H10O3Zn. The minimum Gasteiger partial charge on any atom is -0.489 e. The van der Waals surface area contributed by atoms with Gasteiger partial charge in [0.15, 0.2) is 0 Å². The second kappa shape index (κ2) is 6.33. The Morgan fingerprint density at radius 1 is 1.50 bits per heavy atom. The van der Waals surface area contributed by atoms with E-state index in [0.717, 1.165) is 0 Å². The first-order valence-corrected chi connectivity index (χ1v) is 3.81. The van der Waals surface area contributed by atoms with Crippen LogP contribution in [0.5, 0.6) is 5.75 Å². The van der Waals surface area contributed by atoms with Gasteiger partial charge in [-0.2, -0.15) is 0 Å². The molecule has 0 unspecified atom stereocenters.